The summed E-state index contributed by atoms with van der Waals surface area (Å²) in [5.74, 6) is 1.72. The van der Waals surface area contributed by atoms with Crippen molar-refractivity contribution in [3.8, 4) is 0 Å². The molecule has 0 atom stereocenters. The summed E-state index contributed by atoms with van der Waals surface area (Å²) in [5, 5.41) is 0.137. The van der Waals surface area contributed by atoms with Gasteiger partial charge in [0.1, 0.15) is 11.6 Å². The summed E-state index contributed by atoms with van der Waals surface area (Å²) in [6, 6.07) is 0. The molecule has 0 radical (unpaired) electrons. The number of hydrogen-bond acceptors (Lipinski definition) is 5. The summed E-state index contributed by atoms with van der Waals surface area (Å²) in [4.78, 5) is 10.8. The predicted octanol–water partition coefficient (Wildman–Crippen LogP) is 0.451. The Labute approximate surface area is 142 Å². The molecule has 3 heterocycles. The summed E-state index contributed by atoms with van der Waals surface area (Å²) in [6.07, 6.45) is 5.36. The van der Waals surface area contributed by atoms with E-state index in [0.29, 0.717) is 32.0 Å². The highest BCUT2D eigenvalue weighted by molar-refractivity contribution is 7.89. The van der Waals surface area contributed by atoms with Crippen LogP contribution in [0, 0.1) is 6.92 Å². The van der Waals surface area contributed by atoms with Gasteiger partial charge in [0.2, 0.25) is 0 Å². The fraction of sp³-hybridized carbons (Fsp3) is 0.600. The van der Waals surface area contributed by atoms with Crippen LogP contribution in [-0.4, -0.2) is 62.9 Å². The number of sulfonamides is 1. The maximum atomic E-state index is 12.7. The van der Waals surface area contributed by atoms with Crippen molar-refractivity contribution in [1.82, 2.24) is 28.3 Å². The van der Waals surface area contributed by atoms with E-state index in [9.17, 15) is 8.42 Å². The fourth-order valence-corrected chi connectivity index (χ4v) is 4.34. The summed E-state index contributed by atoms with van der Waals surface area (Å²) in [6.45, 7) is 7.87. The number of rotatable bonds is 5. The number of aromatic nitrogens is 4. The number of aryl methyl sites for hydroxylation is 3. The highest BCUT2D eigenvalue weighted by Gasteiger charge is 2.30. The Morgan fingerprint density at radius 3 is 2.50 bits per heavy atom. The van der Waals surface area contributed by atoms with Gasteiger partial charge in [0, 0.05) is 58.4 Å². The smallest absolute Gasteiger partial charge is 0.262 e. The normalized spacial score (nSPS) is 17.5. The van der Waals surface area contributed by atoms with Crippen LogP contribution in [0.25, 0.3) is 0 Å². The Morgan fingerprint density at radius 2 is 1.92 bits per heavy atom. The van der Waals surface area contributed by atoms with Crippen LogP contribution in [0.2, 0.25) is 0 Å². The fourth-order valence-electron chi connectivity index (χ4n) is 2.89. The van der Waals surface area contributed by atoms with Crippen LogP contribution in [-0.2, 0) is 30.2 Å². The van der Waals surface area contributed by atoms with Crippen LogP contribution in [0.1, 0.15) is 18.6 Å². The van der Waals surface area contributed by atoms with E-state index in [2.05, 4.69) is 26.4 Å². The number of piperazine rings is 1. The summed E-state index contributed by atoms with van der Waals surface area (Å²) >= 11 is 0. The first kappa shape index (κ1) is 17.1. The first-order valence-electron chi connectivity index (χ1n) is 8.14. The molecule has 0 amide bonds. The van der Waals surface area contributed by atoms with Crippen molar-refractivity contribution < 1.29 is 8.42 Å². The summed E-state index contributed by atoms with van der Waals surface area (Å²) in [5.41, 5.74) is 0. The minimum absolute atomic E-state index is 0.137. The van der Waals surface area contributed by atoms with Crippen LogP contribution in [0.15, 0.2) is 23.6 Å². The van der Waals surface area contributed by atoms with Crippen LogP contribution < -0.4 is 0 Å². The zero-order chi connectivity index (χ0) is 17.3. The maximum absolute atomic E-state index is 12.7. The van der Waals surface area contributed by atoms with Gasteiger partial charge in [0.05, 0.1) is 6.54 Å². The highest BCUT2D eigenvalue weighted by Crippen LogP contribution is 2.17. The molecule has 0 bridgehead atoms. The van der Waals surface area contributed by atoms with Crippen LogP contribution in [0.4, 0.5) is 0 Å². The molecule has 1 fully saturated rings. The van der Waals surface area contributed by atoms with Crippen molar-refractivity contribution in [2.45, 2.75) is 32.0 Å². The Morgan fingerprint density at radius 1 is 1.21 bits per heavy atom. The molecule has 1 aliphatic rings. The van der Waals surface area contributed by atoms with Crippen molar-refractivity contribution in [2.75, 3.05) is 26.2 Å². The minimum atomic E-state index is -3.51. The van der Waals surface area contributed by atoms with Gasteiger partial charge in [0.25, 0.3) is 10.0 Å². The van der Waals surface area contributed by atoms with Gasteiger partial charge >= 0.3 is 0 Å². The monoisotopic (exact) mass is 352 g/mol. The van der Waals surface area contributed by atoms with Crippen molar-refractivity contribution in [1.29, 1.82) is 0 Å². The quantitative estimate of drug-likeness (QED) is 0.781. The predicted molar refractivity (Wildman–Crippen MR) is 89.9 cm³/mol. The van der Waals surface area contributed by atoms with Gasteiger partial charge in [-0.25, -0.2) is 18.4 Å². The lowest BCUT2D eigenvalue weighted by Gasteiger charge is -2.33. The molecule has 9 heteroatoms. The maximum Gasteiger partial charge on any atom is 0.262 e. The summed E-state index contributed by atoms with van der Waals surface area (Å²) in [7, 11) is -1.71. The third-order valence-electron chi connectivity index (χ3n) is 4.53. The second-order valence-corrected chi connectivity index (χ2v) is 7.93. The second-order valence-electron chi connectivity index (χ2n) is 6.05. The Hall–Kier alpha value is -1.71. The van der Waals surface area contributed by atoms with E-state index in [1.165, 1.54) is 4.31 Å². The highest BCUT2D eigenvalue weighted by atomic mass is 32.2. The molecular formula is C15H24N6O2S. The average Bonchev–Trinajstić information content (AvgIpc) is 3.15. The van der Waals surface area contributed by atoms with Gasteiger partial charge in [-0.3, -0.25) is 4.90 Å². The lowest BCUT2D eigenvalue weighted by Crippen LogP contribution is -2.48. The van der Waals surface area contributed by atoms with Crippen LogP contribution in [0.5, 0.6) is 0 Å². The van der Waals surface area contributed by atoms with E-state index in [1.54, 1.807) is 24.7 Å². The molecule has 2 aromatic rings. The molecule has 0 saturated carbocycles. The van der Waals surface area contributed by atoms with Crippen LogP contribution >= 0.6 is 0 Å². The largest absolute Gasteiger partial charge is 0.337 e. The lowest BCUT2D eigenvalue weighted by atomic mass is 10.3. The average molecular weight is 352 g/mol. The first-order chi connectivity index (χ1) is 11.4. The molecule has 0 spiro atoms. The van der Waals surface area contributed by atoms with Gasteiger partial charge in [-0.05, 0) is 13.8 Å². The Kier molecular flexibility index (Phi) is 4.75. The third-order valence-corrected chi connectivity index (χ3v) is 6.30. The molecule has 8 nitrogen and oxygen atoms in total. The zero-order valence-corrected chi connectivity index (χ0v) is 15.2. The molecule has 0 unspecified atom stereocenters. The Balaban J connectivity index is 1.64. The van der Waals surface area contributed by atoms with Crippen molar-refractivity contribution in [3.63, 3.8) is 0 Å². The second kappa shape index (κ2) is 6.66. The van der Waals surface area contributed by atoms with E-state index in [-0.39, 0.29) is 5.03 Å². The van der Waals surface area contributed by atoms with Gasteiger partial charge in [-0.2, -0.15) is 4.31 Å². The molecule has 0 N–H and O–H groups in total. The summed E-state index contributed by atoms with van der Waals surface area (Å²) < 4.78 is 30.8. The molecule has 0 aromatic carbocycles. The standard InChI is InChI=1S/C15H24N6O2S/c1-4-20-6-5-16-14(20)11-19-7-9-21(10-8-19)24(22,23)15-12-18(3)13(2)17-15/h5-6,12H,4,7-11H2,1-3H3. The van der Waals surface area contributed by atoms with E-state index in [4.69, 9.17) is 0 Å². The molecule has 3 rings (SSSR count). The molecule has 132 valence electrons. The third kappa shape index (κ3) is 3.24. The van der Waals surface area contributed by atoms with Crippen LogP contribution in [0.3, 0.4) is 0 Å². The van der Waals surface area contributed by atoms with Gasteiger partial charge in [0.15, 0.2) is 5.03 Å². The van der Waals surface area contributed by atoms with Gasteiger partial charge < -0.3 is 9.13 Å². The molecule has 0 aliphatic carbocycles. The van der Waals surface area contributed by atoms with Gasteiger partial charge in [-0.1, -0.05) is 0 Å². The molecular weight excluding hydrogens is 328 g/mol. The molecule has 24 heavy (non-hydrogen) atoms. The van der Waals surface area contributed by atoms with Crippen molar-refractivity contribution in [2.24, 2.45) is 7.05 Å². The number of nitrogens with zero attached hydrogens (tertiary/aromatic N) is 6. The lowest BCUT2D eigenvalue weighted by molar-refractivity contribution is 0.176. The van der Waals surface area contributed by atoms with E-state index in [0.717, 1.165) is 18.9 Å². The zero-order valence-electron chi connectivity index (χ0n) is 14.4. The molecule has 2 aromatic heterocycles. The SMILES string of the molecule is CCn1ccnc1CN1CCN(S(=O)(=O)c2cn(C)c(C)n2)CC1. The van der Waals surface area contributed by atoms with Crippen molar-refractivity contribution >= 4 is 10.0 Å². The number of imidazole rings is 2. The topological polar surface area (TPSA) is 76.3 Å². The van der Waals surface area contributed by atoms with E-state index < -0.39 is 10.0 Å². The number of hydrogen-bond donors (Lipinski definition) is 0. The van der Waals surface area contributed by atoms with Crippen molar-refractivity contribution in [3.05, 3.63) is 30.2 Å². The van der Waals surface area contributed by atoms with E-state index >= 15 is 0 Å². The molecule has 1 aliphatic heterocycles. The molecule has 1 saturated heterocycles. The van der Waals surface area contributed by atoms with Gasteiger partial charge in [-0.15, -0.1) is 0 Å². The minimum Gasteiger partial charge on any atom is -0.337 e. The Bertz CT molecular complexity index is 782. The first-order valence-corrected chi connectivity index (χ1v) is 9.58. The van der Waals surface area contributed by atoms with E-state index in [1.807, 2.05) is 12.4 Å².